The van der Waals surface area contributed by atoms with Gasteiger partial charge in [-0.05, 0) is 18.2 Å². The number of hydrogen-bond acceptors (Lipinski definition) is 4. The molecular weight excluding hydrogens is 300 g/mol. The van der Waals surface area contributed by atoms with Crippen LogP contribution < -0.4 is 15.8 Å². The largest absolute Gasteiger partial charge is 0.496 e. The van der Waals surface area contributed by atoms with E-state index in [-0.39, 0.29) is 6.42 Å². The maximum absolute atomic E-state index is 11.9. The van der Waals surface area contributed by atoms with Gasteiger partial charge in [-0.2, -0.15) is 0 Å². The van der Waals surface area contributed by atoms with Crippen LogP contribution in [0.3, 0.4) is 0 Å². The molecule has 8 heteroatoms. The number of nitrogens with two attached hydrogens (primary N) is 1. The summed E-state index contributed by atoms with van der Waals surface area (Å²) in [6, 6.07) is 3.39. The Morgan fingerprint density at radius 3 is 2.62 bits per heavy atom. The van der Waals surface area contributed by atoms with Crippen molar-refractivity contribution in [2.24, 2.45) is 5.73 Å². The zero-order chi connectivity index (χ0) is 16.0. The highest BCUT2D eigenvalue weighted by atomic mass is 35.5. The summed E-state index contributed by atoms with van der Waals surface area (Å²) in [7, 11) is 1.44. The van der Waals surface area contributed by atoms with Gasteiger partial charge in [0.25, 0.3) is 0 Å². The van der Waals surface area contributed by atoms with Crippen LogP contribution >= 0.6 is 11.6 Å². The fraction of sp³-hybridized carbons (Fsp3) is 0.308. The van der Waals surface area contributed by atoms with Gasteiger partial charge in [-0.15, -0.1) is 0 Å². The summed E-state index contributed by atoms with van der Waals surface area (Å²) in [5.74, 6) is -2.27. The number of carboxylic acid groups (broad SMARTS) is 1. The van der Waals surface area contributed by atoms with Gasteiger partial charge in [-0.25, -0.2) is 4.79 Å². The molecule has 0 unspecified atom stereocenters. The summed E-state index contributed by atoms with van der Waals surface area (Å²) >= 11 is 5.84. The van der Waals surface area contributed by atoms with Crippen LogP contribution in [0.5, 0.6) is 5.75 Å². The normalized spacial score (nSPS) is 11.5. The van der Waals surface area contributed by atoms with Crippen LogP contribution in [-0.4, -0.2) is 36.0 Å². The quantitative estimate of drug-likeness (QED) is 0.670. The predicted octanol–water partition coefficient (Wildman–Crippen LogP) is 0.336. The number of benzene rings is 1. The molecule has 0 radical (unpaired) electrons. The Labute approximate surface area is 126 Å². The molecule has 4 N–H and O–H groups in total. The second kappa shape index (κ2) is 7.49. The summed E-state index contributed by atoms with van der Waals surface area (Å²) in [6.07, 6.45) is -0.611. The number of carbonyl (C=O) groups is 3. The van der Waals surface area contributed by atoms with Crippen LogP contribution in [0, 0.1) is 0 Å². The number of halogens is 1. The molecule has 21 heavy (non-hydrogen) atoms. The van der Waals surface area contributed by atoms with Gasteiger partial charge < -0.3 is 20.9 Å². The van der Waals surface area contributed by atoms with Crippen molar-refractivity contribution in [2.75, 3.05) is 7.11 Å². The van der Waals surface area contributed by atoms with Crippen LogP contribution in [0.25, 0.3) is 0 Å². The third-order valence-corrected chi connectivity index (χ3v) is 2.87. The number of carboxylic acids is 1. The van der Waals surface area contributed by atoms with Gasteiger partial charge in [0.2, 0.25) is 11.8 Å². The first-order valence-electron chi connectivity index (χ1n) is 5.96. The molecule has 1 atom stereocenters. The van der Waals surface area contributed by atoms with Gasteiger partial charge >= 0.3 is 5.97 Å². The van der Waals surface area contributed by atoms with Crippen molar-refractivity contribution in [3.63, 3.8) is 0 Å². The lowest BCUT2D eigenvalue weighted by Gasteiger charge is -2.14. The van der Waals surface area contributed by atoms with E-state index >= 15 is 0 Å². The number of rotatable bonds is 7. The molecule has 0 aromatic heterocycles. The second-order valence-corrected chi connectivity index (χ2v) is 4.70. The molecule has 0 aliphatic carbocycles. The van der Waals surface area contributed by atoms with Crippen LogP contribution in [0.4, 0.5) is 0 Å². The summed E-state index contributed by atoms with van der Waals surface area (Å²) in [4.78, 5) is 33.6. The van der Waals surface area contributed by atoms with E-state index in [4.69, 9.17) is 27.2 Å². The number of amides is 2. The first-order chi connectivity index (χ1) is 9.83. The third kappa shape index (κ3) is 5.31. The van der Waals surface area contributed by atoms with E-state index in [1.165, 1.54) is 7.11 Å². The molecule has 0 fully saturated rings. The van der Waals surface area contributed by atoms with Crippen molar-refractivity contribution < 1.29 is 24.2 Å². The summed E-state index contributed by atoms with van der Waals surface area (Å²) in [6.45, 7) is 0. The van der Waals surface area contributed by atoms with Crippen molar-refractivity contribution in [1.29, 1.82) is 0 Å². The zero-order valence-corrected chi connectivity index (χ0v) is 12.0. The molecule has 114 valence electrons. The predicted molar refractivity (Wildman–Crippen MR) is 75.1 cm³/mol. The SMILES string of the molecule is COc1ccc(Cl)cc1CC(=O)N[C@H](CC(N)=O)C(=O)O. The van der Waals surface area contributed by atoms with Crippen molar-refractivity contribution in [1.82, 2.24) is 5.32 Å². The molecule has 0 bridgehead atoms. The number of aliphatic carboxylic acids is 1. The lowest BCUT2D eigenvalue weighted by atomic mass is 10.1. The average Bonchev–Trinajstić information content (AvgIpc) is 2.37. The fourth-order valence-corrected chi connectivity index (χ4v) is 1.90. The molecule has 0 saturated carbocycles. The van der Waals surface area contributed by atoms with Crippen molar-refractivity contribution in [3.8, 4) is 5.75 Å². The van der Waals surface area contributed by atoms with E-state index < -0.39 is 30.2 Å². The third-order valence-electron chi connectivity index (χ3n) is 2.63. The van der Waals surface area contributed by atoms with E-state index in [1.54, 1.807) is 18.2 Å². The number of primary amides is 1. The smallest absolute Gasteiger partial charge is 0.326 e. The topological polar surface area (TPSA) is 119 Å². The molecule has 1 rings (SSSR count). The summed E-state index contributed by atoms with van der Waals surface area (Å²) in [5.41, 5.74) is 5.44. The Hall–Kier alpha value is -2.28. The van der Waals surface area contributed by atoms with Crippen molar-refractivity contribution in [2.45, 2.75) is 18.9 Å². The van der Waals surface area contributed by atoms with E-state index in [9.17, 15) is 14.4 Å². The Morgan fingerprint density at radius 1 is 1.43 bits per heavy atom. The highest BCUT2D eigenvalue weighted by Crippen LogP contribution is 2.23. The number of hydrogen-bond donors (Lipinski definition) is 3. The fourth-order valence-electron chi connectivity index (χ4n) is 1.70. The van der Waals surface area contributed by atoms with Crippen LogP contribution in [0.15, 0.2) is 18.2 Å². The first-order valence-corrected chi connectivity index (χ1v) is 6.34. The highest BCUT2D eigenvalue weighted by Gasteiger charge is 2.22. The Bertz CT molecular complexity index is 561. The molecule has 1 aromatic carbocycles. The molecule has 1 aromatic rings. The lowest BCUT2D eigenvalue weighted by Crippen LogP contribution is -2.43. The van der Waals surface area contributed by atoms with Gasteiger partial charge in [-0.3, -0.25) is 9.59 Å². The van der Waals surface area contributed by atoms with Gasteiger partial charge in [0.1, 0.15) is 11.8 Å². The lowest BCUT2D eigenvalue weighted by molar-refractivity contribution is -0.143. The Morgan fingerprint density at radius 2 is 2.10 bits per heavy atom. The molecule has 0 saturated heterocycles. The van der Waals surface area contributed by atoms with E-state index in [0.29, 0.717) is 16.3 Å². The average molecular weight is 315 g/mol. The minimum absolute atomic E-state index is 0.133. The molecule has 0 spiro atoms. The van der Waals surface area contributed by atoms with Crippen molar-refractivity contribution >= 4 is 29.4 Å². The molecule has 7 nitrogen and oxygen atoms in total. The van der Waals surface area contributed by atoms with Crippen LogP contribution in [-0.2, 0) is 20.8 Å². The van der Waals surface area contributed by atoms with E-state index in [1.807, 2.05) is 0 Å². The number of methoxy groups -OCH3 is 1. The number of carbonyl (C=O) groups excluding carboxylic acids is 2. The zero-order valence-electron chi connectivity index (χ0n) is 11.3. The molecule has 2 amide bonds. The minimum Gasteiger partial charge on any atom is -0.496 e. The maximum Gasteiger partial charge on any atom is 0.326 e. The van der Waals surface area contributed by atoms with E-state index in [2.05, 4.69) is 5.32 Å². The van der Waals surface area contributed by atoms with Gasteiger partial charge in [0.15, 0.2) is 0 Å². The standard InChI is InChI=1S/C13H15ClN2O5/c1-21-10-3-2-8(14)4-7(10)5-12(18)16-9(13(19)20)6-11(15)17/h2-4,9H,5-6H2,1H3,(H2,15,17)(H,16,18)(H,19,20)/t9-/m1/s1. The molecule has 0 aliphatic rings. The van der Waals surface area contributed by atoms with Crippen LogP contribution in [0.1, 0.15) is 12.0 Å². The summed E-state index contributed by atoms with van der Waals surface area (Å²) in [5, 5.41) is 11.6. The monoisotopic (exact) mass is 314 g/mol. The van der Waals surface area contributed by atoms with Gasteiger partial charge in [0, 0.05) is 10.6 Å². The van der Waals surface area contributed by atoms with Gasteiger partial charge in [0.05, 0.1) is 20.0 Å². The number of ether oxygens (including phenoxy) is 1. The van der Waals surface area contributed by atoms with Crippen molar-refractivity contribution in [3.05, 3.63) is 28.8 Å². The molecular formula is C13H15ClN2O5. The van der Waals surface area contributed by atoms with Gasteiger partial charge in [-0.1, -0.05) is 11.6 Å². The summed E-state index contributed by atoms with van der Waals surface area (Å²) < 4.78 is 5.09. The van der Waals surface area contributed by atoms with Crippen LogP contribution in [0.2, 0.25) is 5.02 Å². The second-order valence-electron chi connectivity index (χ2n) is 4.26. The number of nitrogens with one attached hydrogen (secondary N) is 1. The van der Waals surface area contributed by atoms with E-state index in [0.717, 1.165) is 0 Å². The Balaban J connectivity index is 2.78. The maximum atomic E-state index is 11.9. The molecule has 0 aliphatic heterocycles. The minimum atomic E-state index is -1.36. The highest BCUT2D eigenvalue weighted by molar-refractivity contribution is 6.30. The first kappa shape index (κ1) is 16.8. The molecule has 0 heterocycles. The Kier molecular flexibility index (Phi) is 5.98.